The number of halogens is 2. The molecule has 0 saturated carbocycles. The number of aliphatic hydroxyl groups is 1. The summed E-state index contributed by atoms with van der Waals surface area (Å²) in [7, 11) is 0. The van der Waals surface area contributed by atoms with E-state index in [0.717, 1.165) is 0 Å². The Hall–Kier alpha value is -0.620. The second-order valence-electron chi connectivity index (χ2n) is 4.18. The average molecular weight is 338 g/mol. The number of thioether (sulfide) groups is 1. The van der Waals surface area contributed by atoms with E-state index in [-0.39, 0.29) is 30.4 Å². The maximum Gasteiger partial charge on any atom is 0.258 e. The lowest BCUT2D eigenvalue weighted by Crippen LogP contribution is -2.43. The molecule has 2 unspecified atom stereocenters. The van der Waals surface area contributed by atoms with Crippen LogP contribution in [0.5, 0.6) is 5.75 Å². The Labute approximate surface area is 132 Å². The molecule has 0 heterocycles. The van der Waals surface area contributed by atoms with Crippen molar-refractivity contribution in [3.05, 3.63) is 28.2 Å². The summed E-state index contributed by atoms with van der Waals surface area (Å²) in [5.41, 5.74) is 0. The van der Waals surface area contributed by atoms with Crippen LogP contribution in [0, 0.1) is 0 Å². The first-order valence-corrected chi connectivity index (χ1v) is 8.03. The molecule has 1 amide bonds. The lowest BCUT2D eigenvalue weighted by molar-refractivity contribution is -0.123. The van der Waals surface area contributed by atoms with E-state index in [9.17, 15) is 4.79 Å². The normalized spacial score (nSPS) is 13.7. The third-order valence-corrected chi connectivity index (χ3v) is 4.59. The van der Waals surface area contributed by atoms with Crippen LogP contribution in [-0.4, -0.2) is 41.8 Å². The SMILES string of the molecule is CSC(CO)C(C)NC(=O)COc1ccc(Cl)c(Cl)c1. The summed E-state index contributed by atoms with van der Waals surface area (Å²) in [5, 5.41) is 12.7. The van der Waals surface area contributed by atoms with E-state index in [1.54, 1.807) is 18.2 Å². The number of hydrogen-bond donors (Lipinski definition) is 2. The van der Waals surface area contributed by atoms with Crippen LogP contribution in [0.15, 0.2) is 18.2 Å². The molecule has 1 aromatic rings. The first kappa shape index (κ1) is 17.4. The zero-order valence-electron chi connectivity index (χ0n) is 11.2. The molecule has 0 aliphatic rings. The summed E-state index contributed by atoms with van der Waals surface area (Å²) in [6.07, 6.45) is 1.88. The number of carbonyl (C=O) groups is 1. The zero-order chi connectivity index (χ0) is 15.1. The molecular weight excluding hydrogens is 321 g/mol. The summed E-state index contributed by atoms with van der Waals surface area (Å²) in [4.78, 5) is 11.7. The highest BCUT2D eigenvalue weighted by atomic mass is 35.5. The lowest BCUT2D eigenvalue weighted by Gasteiger charge is -2.21. The van der Waals surface area contributed by atoms with E-state index in [2.05, 4.69) is 5.32 Å². The minimum absolute atomic E-state index is 0.0102. The average Bonchev–Trinajstić information content (AvgIpc) is 2.41. The van der Waals surface area contributed by atoms with E-state index in [4.69, 9.17) is 33.0 Å². The monoisotopic (exact) mass is 337 g/mol. The van der Waals surface area contributed by atoms with Crippen LogP contribution in [0.1, 0.15) is 6.92 Å². The summed E-state index contributed by atoms with van der Waals surface area (Å²) in [5.74, 6) is 0.224. The van der Waals surface area contributed by atoms with E-state index in [1.807, 2.05) is 13.2 Å². The molecule has 0 aromatic heterocycles. The number of aliphatic hydroxyl groups excluding tert-OH is 1. The van der Waals surface area contributed by atoms with Gasteiger partial charge < -0.3 is 15.2 Å². The second kappa shape index (κ2) is 8.62. The van der Waals surface area contributed by atoms with Gasteiger partial charge in [-0.05, 0) is 25.3 Å². The molecule has 0 saturated heterocycles. The zero-order valence-corrected chi connectivity index (χ0v) is 13.6. The smallest absolute Gasteiger partial charge is 0.258 e. The van der Waals surface area contributed by atoms with E-state index >= 15 is 0 Å². The van der Waals surface area contributed by atoms with Gasteiger partial charge in [0.05, 0.1) is 16.7 Å². The standard InChI is InChI=1S/C13H17Cl2NO3S/c1-8(12(6-17)20-2)16-13(18)7-19-9-3-4-10(14)11(15)5-9/h3-5,8,12,17H,6-7H2,1-2H3,(H,16,18). The highest BCUT2D eigenvalue weighted by Crippen LogP contribution is 2.26. The predicted octanol–water partition coefficient (Wildman–Crippen LogP) is 2.60. The largest absolute Gasteiger partial charge is 0.484 e. The molecule has 20 heavy (non-hydrogen) atoms. The number of amides is 1. The third-order valence-electron chi connectivity index (χ3n) is 2.69. The number of nitrogens with one attached hydrogen (secondary N) is 1. The van der Waals surface area contributed by atoms with E-state index < -0.39 is 0 Å². The van der Waals surface area contributed by atoms with Crippen molar-refractivity contribution < 1.29 is 14.6 Å². The fraction of sp³-hybridized carbons (Fsp3) is 0.462. The fourth-order valence-electron chi connectivity index (χ4n) is 1.54. The Balaban J connectivity index is 2.45. The minimum atomic E-state index is -0.254. The molecule has 112 valence electrons. The van der Waals surface area contributed by atoms with Gasteiger partial charge in [-0.25, -0.2) is 0 Å². The number of rotatable bonds is 7. The summed E-state index contributed by atoms with van der Waals surface area (Å²) >= 11 is 13.1. The maximum absolute atomic E-state index is 11.7. The van der Waals surface area contributed by atoms with Gasteiger partial charge in [0, 0.05) is 17.4 Å². The van der Waals surface area contributed by atoms with Crippen molar-refractivity contribution in [2.45, 2.75) is 18.2 Å². The van der Waals surface area contributed by atoms with Crippen LogP contribution >= 0.6 is 35.0 Å². The van der Waals surface area contributed by atoms with Gasteiger partial charge in [-0.3, -0.25) is 4.79 Å². The maximum atomic E-state index is 11.7. The van der Waals surface area contributed by atoms with Crippen molar-refractivity contribution in [1.82, 2.24) is 5.32 Å². The van der Waals surface area contributed by atoms with Crippen molar-refractivity contribution >= 4 is 40.9 Å². The molecule has 0 fully saturated rings. The van der Waals surface area contributed by atoms with Crippen molar-refractivity contribution in [3.63, 3.8) is 0 Å². The van der Waals surface area contributed by atoms with Gasteiger partial charge in [0.15, 0.2) is 6.61 Å². The highest BCUT2D eigenvalue weighted by molar-refractivity contribution is 7.99. The van der Waals surface area contributed by atoms with Crippen LogP contribution in [0.3, 0.4) is 0 Å². The summed E-state index contributed by atoms with van der Waals surface area (Å²) in [6, 6.07) is 4.66. The molecule has 0 aliphatic carbocycles. The Bertz CT molecular complexity index is 455. The van der Waals surface area contributed by atoms with Gasteiger partial charge in [0.25, 0.3) is 5.91 Å². The van der Waals surface area contributed by atoms with Gasteiger partial charge in [-0.1, -0.05) is 23.2 Å². The molecule has 2 N–H and O–H groups in total. The molecule has 1 rings (SSSR count). The molecule has 0 spiro atoms. The minimum Gasteiger partial charge on any atom is -0.484 e. The van der Waals surface area contributed by atoms with Gasteiger partial charge in [-0.2, -0.15) is 11.8 Å². The Morgan fingerprint density at radius 2 is 2.15 bits per heavy atom. The molecule has 2 atom stereocenters. The van der Waals surface area contributed by atoms with Crippen LogP contribution in [0.4, 0.5) is 0 Å². The van der Waals surface area contributed by atoms with Crippen LogP contribution in [0.25, 0.3) is 0 Å². The summed E-state index contributed by atoms with van der Waals surface area (Å²) in [6.45, 7) is 1.74. The molecule has 1 aromatic carbocycles. The first-order chi connectivity index (χ1) is 9.47. The molecule has 0 bridgehead atoms. The van der Waals surface area contributed by atoms with Crippen LogP contribution in [0.2, 0.25) is 10.0 Å². The Morgan fingerprint density at radius 1 is 1.45 bits per heavy atom. The third kappa shape index (κ3) is 5.40. The predicted molar refractivity (Wildman–Crippen MR) is 84.0 cm³/mol. The van der Waals surface area contributed by atoms with E-state index in [1.165, 1.54) is 11.8 Å². The number of benzene rings is 1. The van der Waals surface area contributed by atoms with Gasteiger partial charge >= 0.3 is 0 Å². The number of hydrogen-bond acceptors (Lipinski definition) is 4. The van der Waals surface area contributed by atoms with Crippen LogP contribution in [-0.2, 0) is 4.79 Å². The molecule has 0 radical (unpaired) electrons. The quantitative estimate of drug-likeness (QED) is 0.802. The van der Waals surface area contributed by atoms with Crippen molar-refractivity contribution in [2.75, 3.05) is 19.5 Å². The van der Waals surface area contributed by atoms with Crippen molar-refractivity contribution in [2.24, 2.45) is 0 Å². The van der Waals surface area contributed by atoms with Gasteiger partial charge in [0.1, 0.15) is 5.75 Å². The molecule has 4 nitrogen and oxygen atoms in total. The fourth-order valence-corrected chi connectivity index (χ4v) is 2.45. The topological polar surface area (TPSA) is 58.6 Å². The van der Waals surface area contributed by atoms with Crippen LogP contribution < -0.4 is 10.1 Å². The van der Waals surface area contributed by atoms with Gasteiger partial charge in [-0.15, -0.1) is 0 Å². The highest BCUT2D eigenvalue weighted by Gasteiger charge is 2.17. The van der Waals surface area contributed by atoms with Crippen molar-refractivity contribution in [3.8, 4) is 5.75 Å². The number of ether oxygens (including phenoxy) is 1. The second-order valence-corrected chi connectivity index (χ2v) is 6.07. The molecule has 7 heteroatoms. The molecule has 0 aliphatic heterocycles. The Morgan fingerprint density at radius 3 is 2.70 bits per heavy atom. The first-order valence-electron chi connectivity index (χ1n) is 5.98. The van der Waals surface area contributed by atoms with E-state index in [0.29, 0.717) is 15.8 Å². The molecular formula is C13H17Cl2NO3S. The lowest BCUT2D eigenvalue weighted by atomic mass is 10.2. The summed E-state index contributed by atoms with van der Waals surface area (Å²) < 4.78 is 5.33. The Kier molecular flexibility index (Phi) is 7.51. The van der Waals surface area contributed by atoms with Crippen molar-refractivity contribution in [1.29, 1.82) is 0 Å². The van der Waals surface area contributed by atoms with Gasteiger partial charge in [0.2, 0.25) is 0 Å². The number of carbonyl (C=O) groups excluding carboxylic acids is 1.